The van der Waals surface area contributed by atoms with E-state index in [4.69, 9.17) is 13.3 Å². The molecule has 14 rings (SSSR count). The SMILES string of the molecule is Cc1cccc(N(C)c2ccc3oc4ccc(N(c5cccc(C)c5)c5ccc6oc7ccc(N(c8cccc(C)c8)c8ccc9oc%10ccc(N(c%11cccc(C)c%11)c%11cccc(C)c%11)cc%10c9c8)cc7c6c5)cc4c3c2)c1. The third-order valence-electron chi connectivity index (χ3n) is 15.4. The monoisotopic (exact) mass is 1020 g/mol. The molecule has 0 amide bonds. The van der Waals surface area contributed by atoms with Gasteiger partial charge in [0.2, 0.25) is 0 Å². The summed E-state index contributed by atoms with van der Waals surface area (Å²) in [4.78, 5) is 9.24. The van der Waals surface area contributed by atoms with E-state index in [9.17, 15) is 0 Å². The average molecular weight is 1030 g/mol. The number of anilines is 11. The number of rotatable bonds is 11. The fourth-order valence-electron chi connectivity index (χ4n) is 11.6. The predicted molar refractivity (Wildman–Crippen MR) is 331 cm³/mol. The topological polar surface area (TPSA) is 52.4 Å². The van der Waals surface area contributed by atoms with E-state index in [0.29, 0.717) is 0 Å². The van der Waals surface area contributed by atoms with Crippen molar-refractivity contribution < 1.29 is 13.3 Å². The highest BCUT2D eigenvalue weighted by Crippen LogP contribution is 2.46. The molecular formula is C72H56N4O3. The van der Waals surface area contributed by atoms with Crippen LogP contribution >= 0.6 is 0 Å². The van der Waals surface area contributed by atoms with Crippen molar-refractivity contribution in [1.82, 2.24) is 0 Å². The van der Waals surface area contributed by atoms with Crippen LogP contribution in [0.4, 0.5) is 62.6 Å². The Morgan fingerprint density at radius 1 is 0.215 bits per heavy atom. The summed E-state index contributed by atoms with van der Waals surface area (Å²) in [7, 11) is 2.12. The third kappa shape index (κ3) is 8.57. The van der Waals surface area contributed by atoms with Gasteiger partial charge in [-0.25, -0.2) is 0 Å². The Kier molecular flexibility index (Phi) is 11.4. The molecular weight excluding hydrogens is 969 g/mol. The highest BCUT2D eigenvalue weighted by atomic mass is 16.3. The van der Waals surface area contributed by atoms with Gasteiger partial charge in [-0.05, 0) is 232 Å². The highest BCUT2D eigenvalue weighted by molar-refractivity contribution is 6.11. The lowest BCUT2D eigenvalue weighted by Gasteiger charge is -2.26. The maximum atomic E-state index is 6.68. The van der Waals surface area contributed by atoms with Crippen LogP contribution in [0, 0.1) is 34.6 Å². The third-order valence-corrected chi connectivity index (χ3v) is 15.4. The van der Waals surface area contributed by atoms with Gasteiger partial charge in [0, 0.05) is 102 Å². The minimum absolute atomic E-state index is 0.815. The van der Waals surface area contributed by atoms with Crippen molar-refractivity contribution in [2.75, 3.05) is 26.6 Å². The molecule has 7 nitrogen and oxygen atoms in total. The number of furan rings is 3. The molecule has 0 radical (unpaired) electrons. The Balaban J connectivity index is 0.888. The molecule has 79 heavy (non-hydrogen) atoms. The van der Waals surface area contributed by atoms with Crippen molar-refractivity contribution in [2.45, 2.75) is 34.6 Å². The fraction of sp³-hybridized carbons (Fsp3) is 0.0833. The molecule has 0 fully saturated rings. The van der Waals surface area contributed by atoms with Crippen molar-refractivity contribution in [2.24, 2.45) is 0 Å². The molecule has 0 unspecified atom stereocenters. The standard InChI is InChI=1S/C72H56N4O3/c1-45-12-7-17-50(34-45)73(6)51-22-28-67-61(39-51)62-41-57(24-30-68(62)77-67)75(54-20-10-15-48(4)37-54)58-25-32-71-65(43-58)66-44-60(27-33-72(66)79-71)76(55-21-11-16-49(5)38-55)59-26-31-70-64(42-59)63-40-56(23-29-69(63)78-70)74(52-18-8-13-46(2)35-52)53-19-9-14-47(3)36-53/h7-44H,1-6H3. The summed E-state index contributed by atoms with van der Waals surface area (Å²) in [5, 5.41) is 6.23. The first kappa shape index (κ1) is 47.5. The zero-order valence-corrected chi connectivity index (χ0v) is 45.0. The number of benzene rings is 11. The van der Waals surface area contributed by atoms with Crippen molar-refractivity contribution in [1.29, 1.82) is 0 Å². The van der Waals surface area contributed by atoms with Crippen LogP contribution in [0.5, 0.6) is 0 Å². The van der Waals surface area contributed by atoms with E-state index in [1.54, 1.807) is 0 Å². The van der Waals surface area contributed by atoms with E-state index >= 15 is 0 Å². The van der Waals surface area contributed by atoms with Crippen molar-refractivity contribution in [3.63, 3.8) is 0 Å². The van der Waals surface area contributed by atoms with Gasteiger partial charge in [-0.1, -0.05) is 60.7 Å². The van der Waals surface area contributed by atoms with E-state index in [2.05, 4.69) is 292 Å². The lowest BCUT2D eigenvalue weighted by atomic mass is 10.1. The summed E-state index contributed by atoms with van der Waals surface area (Å²) < 4.78 is 19.8. The van der Waals surface area contributed by atoms with Crippen LogP contribution in [0.3, 0.4) is 0 Å². The molecule has 0 bridgehead atoms. The molecule has 0 atom stereocenters. The second kappa shape index (κ2) is 18.9. The van der Waals surface area contributed by atoms with Gasteiger partial charge in [0.1, 0.15) is 33.5 Å². The fourth-order valence-corrected chi connectivity index (χ4v) is 11.6. The van der Waals surface area contributed by atoms with Crippen molar-refractivity contribution in [3.8, 4) is 0 Å². The average Bonchev–Trinajstić information content (AvgIpc) is 4.22. The second-order valence-electron chi connectivity index (χ2n) is 21.1. The molecule has 7 heteroatoms. The molecule has 0 saturated carbocycles. The number of fused-ring (bicyclic) bond motifs is 9. The quantitative estimate of drug-likeness (QED) is 0.128. The normalized spacial score (nSPS) is 11.7. The number of hydrogen-bond acceptors (Lipinski definition) is 7. The van der Waals surface area contributed by atoms with Crippen LogP contribution < -0.4 is 19.6 Å². The summed E-state index contributed by atoms with van der Waals surface area (Å²) in [6.45, 7) is 10.7. The van der Waals surface area contributed by atoms with E-state index in [-0.39, 0.29) is 0 Å². The zero-order valence-electron chi connectivity index (χ0n) is 45.0. The molecule has 3 heterocycles. The molecule has 0 N–H and O–H groups in total. The molecule has 0 aliphatic rings. The molecule has 382 valence electrons. The van der Waals surface area contributed by atoms with Crippen LogP contribution in [0.1, 0.15) is 27.8 Å². The summed E-state index contributed by atoms with van der Waals surface area (Å²) in [5.74, 6) is 0. The van der Waals surface area contributed by atoms with Crippen LogP contribution in [-0.4, -0.2) is 7.05 Å². The smallest absolute Gasteiger partial charge is 0.135 e. The zero-order chi connectivity index (χ0) is 53.5. The van der Waals surface area contributed by atoms with E-state index in [1.165, 1.54) is 27.8 Å². The molecule has 0 spiro atoms. The molecule has 3 aromatic heterocycles. The highest BCUT2D eigenvalue weighted by Gasteiger charge is 2.22. The van der Waals surface area contributed by atoms with Crippen molar-refractivity contribution >= 4 is 128 Å². The van der Waals surface area contributed by atoms with Crippen molar-refractivity contribution in [3.05, 3.63) is 258 Å². The Morgan fingerprint density at radius 3 is 0.658 bits per heavy atom. The first-order valence-corrected chi connectivity index (χ1v) is 26.9. The van der Waals surface area contributed by atoms with Gasteiger partial charge in [0.25, 0.3) is 0 Å². The van der Waals surface area contributed by atoms with Gasteiger partial charge in [-0.3, -0.25) is 0 Å². The predicted octanol–water partition coefficient (Wildman–Crippen LogP) is 21.1. The molecule has 14 aromatic rings. The maximum Gasteiger partial charge on any atom is 0.135 e. The Bertz CT molecular complexity index is 4650. The van der Waals surface area contributed by atoms with Crippen LogP contribution in [0.2, 0.25) is 0 Å². The first-order chi connectivity index (χ1) is 38.5. The van der Waals surface area contributed by atoms with Crippen LogP contribution in [0.15, 0.2) is 244 Å². The Morgan fingerprint density at radius 2 is 0.405 bits per heavy atom. The number of nitrogens with zero attached hydrogens (tertiary/aromatic N) is 4. The van der Waals surface area contributed by atoms with Gasteiger partial charge >= 0.3 is 0 Å². The summed E-state index contributed by atoms with van der Waals surface area (Å²) >= 11 is 0. The molecule has 0 aliphatic heterocycles. The second-order valence-corrected chi connectivity index (χ2v) is 21.1. The first-order valence-electron chi connectivity index (χ1n) is 26.9. The van der Waals surface area contributed by atoms with Gasteiger partial charge < -0.3 is 32.9 Å². The van der Waals surface area contributed by atoms with Crippen LogP contribution in [-0.2, 0) is 0 Å². The largest absolute Gasteiger partial charge is 0.456 e. The Labute approximate surface area is 459 Å². The van der Waals surface area contributed by atoms with Gasteiger partial charge in [0.05, 0.1) is 0 Å². The van der Waals surface area contributed by atoms with E-state index in [0.717, 1.165) is 128 Å². The van der Waals surface area contributed by atoms with E-state index < -0.39 is 0 Å². The summed E-state index contributed by atoms with van der Waals surface area (Å²) in [6.07, 6.45) is 0. The van der Waals surface area contributed by atoms with Gasteiger partial charge in [0.15, 0.2) is 0 Å². The maximum absolute atomic E-state index is 6.68. The summed E-state index contributed by atoms with van der Waals surface area (Å²) in [6, 6.07) is 82.5. The van der Waals surface area contributed by atoms with E-state index in [1.807, 2.05) is 0 Å². The minimum Gasteiger partial charge on any atom is -0.456 e. The molecule has 0 aliphatic carbocycles. The molecule has 0 saturated heterocycles. The Hall–Kier alpha value is -9.98. The van der Waals surface area contributed by atoms with Gasteiger partial charge in [-0.15, -0.1) is 0 Å². The van der Waals surface area contributed by atoms with Crippen LogP contribution in [0.25, 0.3) is 65.8 Å². The van der Waals surface area contributed by atoms with Gasteiger partial charge in [-0.2, -0.15) is 0 Å². The number of aryl methyl sites for hydroxylation is 5. The molecule has 11 aromatic carbocycles. The minimum atomic E-state index is 0.815. The lowest BCUT2D eigenvalue weighted by molar-refractivity contribution is 0.668. The number of hydrogen-bond donors (Lipinski definition) is 0. The lowest BCUT2D eigenvalue weighted by Crippen LogP contribution is -2.10. The summed E-state index contributed by atoms with van der Waals surface area (Å²) in [5.41, 5.74) is 22.6.